The van der Waals surface area contributed by atoms with Crippen molar-refractivity contribution < 1.29 is 24.2 Å². The molecule has 7 nitrogen and oxygen atoms in total. The zero-order valence-electron chi connectivity index (χ0n) is 15.4. The molecule has 1 aliphatic heterocycles. The van der Waals surface area contributed by atoms with E-state index in [1.807, 2.05) is 13.8 Å². The van der Waals surface area contributed by atoms with Crippen molar-refractivity contribution in [2.75, 3.05) is 5.32 Å². The maximum Gasteiger partial charge on any atom is 0.364 e. The van der Waals surface area contributed by atoms with Crippen molar-refractivity contribution in [3.8, 4) is 17.2 Å². The fourth-order valence-electron chi connectivity index (χ4n) is 3.27. The van der Waals surface area contributed by atoms with Gasteiger partial charge < -0.3 is 24.7 Å². The van der Waals surface area contributed by atoms with Crippen LogP contribution >= 0.6 is 0 Å². The number of carbonyl (C=O) groups excluding carboxylic acids is 1. The Labute approximate surface area is 160 Å². The first kappa shape index (κ1) is 17.9. The number of aromatic hydroxyl groups is 2. The van der Waals surface area contributed by atoms with Gasteiger partial charge in [0.2, 0.25) is 0 Å². The third kappa shape index (κ3) is 3.15. The number of fused-ring (bicyclic) bond motifs is 2. The van der Waals surface area contributed by atoms with Crippen molar-refractivity contribution in [2.24, 2.45) is 0 Å². The predicted octanol–water partition coefficient (Wildman–Crippen LogP) is 3.56. The number of anilines is 1. The Morgan fingerprint density at radius 3 is 2.71 bits per heavy atom. The fourth-order valence-corrected chi connectivity index (χ4v) is 3.27. The number of carbonyl (C=O) groups is 1. The van der Waals surface area contributed by atoms with E-state index in [0.29, 0.717) is 5.56 Å². The lowest BCUT2D eigenvalue weighted by molar-refractivity contribution is 0.0846. The van der Waals surface area contributed by atoms with Crippen LogP contribution in [0.2, 0.25) is 0 Å². The van der Waals surface area contributed by atoms with Crippen molar-refractivity contribution in [1.29, 1.82) is 0 Å². The Morgan fingerprint density at radius 1 is 1.14 bits per heavy atom. The van der Waals surface area contributed by atoms with E-state index in [2.05, 4.69) is 5.32 Å². The molecule has 144 valence electrons. The largest absolute Gasteiger partial charge is 0.508 e. The smallest absolute Gasteiger partial charge is 0.364 e. The number of rotatable bonds is 2. The highest BCUT2D eigenvalue weighted by atomic mass is 16.5. The minimum absolute atomic E-state index is 0.0223. The Hall–Kier alpha value is -3.48. The van der Waals surface area contributed by atoms with Gasteiger partial charge in [-0.15, -0.1) is 0 Å². The van der Waals surface area contributed by atoms with Crippen LogP contribution in [0.5, 0.6) is 17.2 Å². The van der Waals surface area contributed by atoms with Gasteiger partial charge >= 0.3 is 5.63 Å². The molecule has 0 spiro atoms. The second-order valence-corrected chi connectivity index (χ2v) is 7.43. The van der Waals surface area contributed by atoms with Gasteiger partial charge in [-0.2, -0.15) is 0 Å². The van der Waals surface area contributed by atoms with E-state index in [1.54, 1.807) is 18.2 Å². The summed E-state index contributed by atoms with van der Waals surface area (Å²) in [6, 6.07) is 9.02. The van der Waals surface area contributed by atoms with E-state index < -0.39 is 17.3 Å². The SMILES string of the molecule is CC1(C)CCc2cc(C(=O)Nc3c(O)c4ccc(O)cc4oc3=O)ccc2O1. The summed E-state index contributed by atoms with van der Waals surface area (Å²) in [6.07, 6.45) is 1.60. The van der Waals surface area contributed by atoms with E-state index >= 15 is 0 Å². The number of amides is 1. The second-order valence-electron chi connectivity index (χ2n) is 7.43. The predicted molar refractivity (Wildman–Crippen MR) is 103 cm³/mol. The molecular formula is C21H19NO6. The Bertz CT molecular complexity index is 1160. The highest BCUT2D eigenvalue weighted by Crippen LogP contribution is 2.34. The first-order chi connectivity index (χ1) is 13.2. The summed E-state index contributed by atoms with van der Waals surface area (Å²) < 4.78 is 11.0. The van der Waals surface area contributed by atoms with Crippen LogP contribution in [0, 0.1) is 0 Å². The second kappa shape index (κ2) is 6.30. The van der Waals surface area contributed by atoms with Crippen molar-refractivity contribution in [2.45, 2.75) is 32.3 Å². The van der Waals surface area contributed by atoms with Crippen LogP contribution in [0.25, 0.3) is 11.0 Å². The van der Waals surface area contributed by atoms with Gasteiger partial charge in [-0.3, -0.25) is 4.79 Å². The van der Waals surface area contributed by atoms with Gasteiger partial charge in [-0.25, -0.2) is 4.79 Å². The first-order valence-electron chi connectivity index (χ1n) is 8.86. The molecule has 0 fully saturated rings. The minimum atomic E-state index is -0.910. The number of phenolic OH excluding ortho intramolecular Hbond substituents is 1. The molecule has 0 bridgehead atoms. The molecule has 0 radical (unpaired) electrons. The molecule has 1 aromatic heterocycles. The minimum Gasteiger partial charge on any atom is -0.508 e. The van der Waals surface area contributed by atoms with Gasteiger partial charge in [-0.1, -0.05) is 0 Å². The molecular weight excluding hydrogens is 362 g/mol. The Balaban J connectivity index is 1.66. The number of hydrogen-bond donors (Lipinski definition) is 3. The molecule has 1 aliphatic rings. The molecule has 3 N–H and O–H groups in total. The van der Waals surface area contributed by atoms with Crippen molar-refractivity contribution in [3.63, 3.8) is 0 Å². The maximum absolute atomic E-state index is 12.6. The van der Waals surface area contributed by atoms with Crippen molar-refractivity contribution in [3.05, 3.63) is 57.9 Å². The zero-order valence-corrected chi connectivity index (χ0v) is 15.4. The molecule has 0 atom stereocenters. The molecule has 28 heavy (non-hydrogen) atoms. The quantitative estimate of drug-likeness (QED) is 0.586. The lowest BCUT2D eigenvalue weighted by Crippen LogP contribution is -2.32. The van der Waals surface area contributed by atoms with Crippen molar-refractivity contribution >= 4 is 22.6 Å². The maximum atomic E-state index is 12.6. The first-order valence-corrected chi connectivity index (χ1v) is 8.86. The van der Waals surface area contributed by atoms with Gasteiger partial charge in [0.25, 0.3) is 5.91 Å². The average Bonchev–Trinajstić information content (AvgIpc) is 2.63. The third-order valence-electron chi connectivity index (χ3n) is 4.81. The molecule has 2 aromatic carbocycles. The molecule has 4 rings (SSSR count). The van der Waals surface area contributed by atoms with Crippen LogP contribution in [-0.2, 0) is 6.42 Å². The number of ether oxygens (including phenoxy) is 1. The fraction of sp³-hybridized carbons (Fsp3) is 0.238. The van der Waals surface area contributed by atoms with Gasteiger partial charge in [-0.05, 0) is 62.6 Å². The summed E-state index contributed by atoms with van der Waals surface area (Å²) >= 11 is 0. The number of benzene rings is 2. The summed E-state index contributed by atoms with van der Waals surface area (Å²) in [7, 11) is 0. The highest BCUT2D eigenvalue weighted by Gasteiger charge is 2.27. The van der Waals surface area contributed by atoms with Gasteiger partial charge in [0.05, 0.1) is 5.39 Å². The van der Waals surface area contributed by atoms with E-state index in [9.17, 15) is 19.8 Å². The lowest BCUT2D eigenvalue weighted by Gasteiger charge is -2.32. The zero-order chi connectivity index (χ0) is 20.1. The molecule has 0 unspecified atom stereocenters. The highest BCUT2D eigenvalue weighted by molar-refractivity contribution is 6.06. The van der Waals surface area contributed by atoms with Gasteiger partial charge in [0, 0.05) is 11.6 Å². The number of aryl methyl sites for hydroxylation is 1. The molecule has 0 saturated carbocycles. The van der Waals surface area contributed by atoms with Crippen LogP contribution in [0.1, 0.15) is 36.2 Å². The standard InChI is InChI=1S/C21H19NO6/c1-21(2)8-7-11-9-12(3-6-15(11)28-21)19(25)22-17-18(24)14-5-4-13(23)10-16(14)27-20(17)26/h3-6,9-10,23-24H,7-8H2,1-2H3,(H,22,25). The monoisotopic (exact) mass is 381 g/mol. The van der Waals surface area contributed by atoms with Crippen LogP contribution in [-0.4, -0.2) is 21.7 Å². The number of hydrogen-bond acceptors (Lipinski definition) is 6. The average molecular weight is 381 g/mol. The molecule has 1 amide bonds. The summed E-state index contributed by atoms with van der Waals surface area (Å²) in [5, 5.41) is 22.5. The summed E-state index contributed by atoms with van der Waals surface area (Å²) in [5.41, 5.74) is -0.232. The number of nitrogens with one attached hydrogen (secondary N) is 1. The number of phenols is 1. The van der Waals surface area contributed by atoms with Crippen LogP contribution in [0.15, 0.2) is 45.6 Å². The normalized spacial score (nSPS) is 14.9. The summed E-state index contributed by atoms with van der Waals surface area (Å²) in [4.78, 5) is 24.8. The molecule has 7 heteroatoms. The lowest BCUT2D eigenvalue weighted by atomic mass is 9.93. The van der Waals surface area contributed by atoms with E-state index in [-0.39, 0.29) is 28.0 Å². The van der Waals surface area contributed by atoms with Crippen molar-refractivity contribution in [1.82, 2.24) is 0 Å². The Kier molecular flexibility index (Phi) is 4.03. The summed E-state index contributed by atoms with van der Waals surface area (Å²) in [5.74, 6) is -0.331. The van der Waals surface area contributed by atoms with E-state index in [1.165, 1.54) is 18.2 Å². The van der Waals surface area contributed by atoms with Crippen LogP contribution in [0.3, 0.4) is 0 Å². The van der Waals surface area contributed by atoms with E-state index in [0.717, 1.165) is 24.2 Å². The molecule has 0 aliphatic carbocycles. The molecule has 3 aromatic rings. The topological polar surface area (TPSA) is 109 Å². The van der Waals surface area contributed by atoms with Crippen LogP contribution < -0.4 is 15.7 Å². The Morgan fingerprint density at radius 2 is 1.93 bits per heavy atom. The van der Waals surface area contributed by atoms with Crippen LogP contribution in [0.4, 0.5) is 5.69 Å². The molecule has 0 saturated heterocycles. The van der Waals surface area contributed by atoms with E-state index in [4.69, 9.17) is 9.15 Å². The summed E-state index contributed by atoms with van der Waals surface area (Å²) in [6.45, 7) is 4.02. The van der Waals surface area contributed by atoms with Gasteiger partial charge in [0.15, 0.2) is 11.4 Å². The molecule has 2 heterocycles. The van der Waals surface area contributed by atoms with Gasteiger partial charge in [0.1, 0.15) is 22.7 Å². The third-order valence-corrected chi connectivity index (χ3v) is 4.81.